The van der Waals surface area contributed by atoms with Crippen LogP contribution in [0.5, 0.6) is 5.88 Å². The van der Waals surface area contributed by atoms with Crippen molar-refractivity contribution in [1.29, 1.82) is 5.26 Å². The average molecular weight is 528 g/mol. The quantitative estimate of drug-likeness (QED) is 0.320. The molecule has 38 heavy (non-hydrogen) atoms. The van der Waals surface area contributed by atoms with E-state index < -0.39 is 23.0 Å². The topological polar surface area (TPSA) is 106 Å². The second kappa shape index (κ2) is 8.03. The second-order valence-corrected chi connectivity index (χ2v) is 10.9. The number of amides is 2. The number of anilines is 1. The van der Waals surface area contributed by atoms with E-state index in [0.717, 1.165) is 0 Å². The summed E-state index contributed by atoms with van der Waals surface area (Å²) in [6.07, 6.45) is 1.76. The fraction of sp³-hybridized carbons (Fsp3) is 0.310. The molecule has 3 aromatic carbocycles. The molecule has 4 heterocycles. The zero-order chi connectivity index (χ0) is 26.2. The van der Waals surface area contributed by atoms with Gasteiger partial charge in [0.2, 0.25) is 11.8 Å². The van der Waals surface area contributed by atoms with Crippen LogP contribution in [-0.2, 0) is 14.3 Å². The summed E-state index contributed by atoms with van der Waals surface area (Å²) < 4.78 is 17.8. The summed E-state index contributed by atoms with van der Waals surface area (Å²) in [4.78, 5) is 29.2. The number of nitrogens with zero attached hydrogens (tertiary/aromatic N) is 3. The van der Waals surface area contributed by atoms with Gasteiger partial charge in [-0.05, 0) is 49.2 Å². The molecule has 3 aliphatic rings. The number of hydrogen-bond donors (Lipinski definition) is 0. The third-order valence-electron chi connectivity index (χ3n) is 8.44. The highest BCUT2D eigenvalue weighted by Gasteiger charge is 2.73. The Labute approximate surface area is 222 Å². The highest BCUT2D eigenvalue weighted by atomic mass is 35.5. The highest BCUT2D eigenvalue weighted by molar-refractivity contribution is 6.31. The lowest BCUT2D eigenvalue weighted by atomic mass is 9.67. The standard InChI is InChI=1S/C29H22ClN3O5/c1-28-10-11-29(38-28,12-13-36-25-20-8-7-17(30)14-22(20)37-32-25)24-23(28)26(34)33(27(24)35)21-9-6-16(15-31)18-4-2-3-5-19(18)21/h2-9,14,23-24H,10-13H2,1H3/t23-,24+,28-,29-/m0/s1. The van der Waals surface area contributed by atoms with E-state index in [1.807, 2.05) is 31.2 Å². The Morgan fingerprint density at radius 3 is 2.68 bits per heavy atom. The van der Waals surface area contributed by atoms with E-state index in [-0.39, 0.29) is 18.4 Å². The van der Waals surface area contributed by atoms with Crippen molar-refractivity contribution < 1.29 is 23.6 Å². The minimum absolute atomic E-state index is 0.241. The van der Waals surface area contributed by atoms with Gasteiger partial charge in [-0.1, -0.05) is 35.9 Å². The van der Waals surface area contributed by atoms with Crippen molar-refractivity contribution in [2.24, 2.45) is 11.8 Å². The predicted octanol–water partition coefficient (Wildman–Crippen LogP) is 5.40. The summed E-state index contributed by atoms with van der Waals surface area (Å²) in [5.74, 6) is -1.35. The summed E-state index contributed by atoms with van der Waals surface area (Å²) >= 11 is 6.03. The molecule has 7 rings (SSSR count). The lowest BCUT2D eigenvalue weighted by Crippen LogP contribution is -2.43. The van der Waals surface area contributed by atoms with E-state index in [0.29, 0.717) is 63.2 Å². The van der Waals surface area contributed by atoms with Gasteiger partial charge in [-0.2, -0.15) is 5.26 Å². The predicted molar refractivity (Wildman–Crippen MR) is 139 cm³/mol. The second-order valence-electron chi connectivity index (χ2n) is 10.5. The maximum absolute atomic E-state index is 14.0. The van der Waals surface area contributed by atoms with E-state index in [1.54, 1.807) is 30.3 Å². The van der Waals surface area contributed by atoms with Gasteiger partial charge in [0.1, 0.15) is 0 Å². The molecule has 0 radical (unpaired) electrons. The Morgan fingerprint density at radius 2 is 1.87 bits per heavy atom. The maximum Gasteiger partial charge on any atom is 0.262 e. The Hall–Kier alpha value is -3.93. The van der Waals surface area contributed by atoms with E-state index in [1.165, 1.54) is 4.90 Å². The molecule has 2 bridgehead atoms. The smallest absolute Gasteiger partial charge is 0.262 e. The first kappa shape index (κ1) is 23.2. The van der Waals surface area contributed by atoms with Crippen LogP contribution in [0.25, 0.3) is 21.7 Å². The summed E-state index contributed by atoms with van der Waals surface area (Å²) in [6, 6.07) is 18.1. The van der Waals surface area contributed by atoms with E-state index >= 15 is 0 Å². The van der Waals surface area contributed by atoms with Gasteiger partial charge in [0, 0.05) is 28.3 Å². The molecule has 3 aliphatic heterocycles. The summed E-state index contributed by atoms with van der Waals surface area (Å²) in [6.45, 7) is 2.17. The summed E-state index contributed by atoms with van der Waals surface area (Å²) in [7, 11) is 0. The summed E-state index contributed by atoms with van der Waals surface area (Å²) in [5, 5.41) is 16.2. The first-order chi connectivity index (χ1) is 18.3. The molecule has 1 aromatic heterocycles. The lowest BCUT2D eigenvalue weighted by molar-refractivity contribution is -0.131. The molecule has 4 atom stereocenters. The molecular weight excluding hydrogens is 506 g/mol. The molecule has 2 amide bonds. The molecule has 0 spiro atoms. The number of aromatic nitrogens is 1. The maximum atomic E-state index is 14.0. The molecule has 0 saturated carbocycles. The molecule has 8 nitrogen and oxygen atoms in total. The van der Waals surface area contributed by atoms with Gasteiger partial charge in [0.05, 0.1) is 52.4 Å². The normalized spacial score (nSPS) is 27.9. The number of imide groups is 1. The van der Waals surface area contributed by atoms with Gasteiger partial charge in [0.25, 0.3) is 5.88 Å². The van der Waals surface area contributed by atoms with Crippen LogP contribution in [0.1, 0.15) is 31.7 Å². The van der Waals surface area contributed by atoms with Gasteiger partial charge < -0.3 is 14.0 Å². The Bertz CT molecular complexity index is 1710. The van der Waals surface area contributed by atoms with Crippen molar-refractivity contribution in [2.75, 3.05) is 11.5 Å². The number of fused-ring (bicyclic) bond motifs is 7. The molecule has 3 saturated heterocycles. The largest absolute Gasteiger partial charge is 0.475 e. The summed E-state index contributed by atoms with van der Waals surface area (Å²) in [5.41, 5.74) is -0.0162. The molecule has 4 aromatic rings. The van der Waals surface area contributed by atoms with Crippen molar-refractivity contribution >= 4 is 50.8 Å². The van der Waals surface area contributed by atoms with Crippen LogP contribution in [0.4, 0.5) is 5.69 Å². The third-order valence-corrected chi connectivity index (χ3v) is 8.67. The number of carbonyl (C=O) groups excluding carboxylic acids is 2. The van der Waals surface area contributed by atoms with Gasteiger partial charge in [0.15, 0.2) is 5.58 Å². The monoisotopic (exact) mass is 527 g/mol. The molecule has 9 heteroatoms. The molecule has 190 valence electrons. The van der Waals surface area contributed by atoms with Gasteiger partial charge >= 0.3 is 0 Å². The molecule has 3 fully saturated rings. The van der Waals surface area contributed by atoms with Crippen LogP contribution in [-0.4, -0.2) is 34.8 Å². The first-order valence-electron chi connectivity index (χ1n) is 12.5. The van der Waals surface area contributed by atoms with Crippen LogP contribution in [0.15, 0.2) is 59.1 Å². The number of ether oxygens (including phenoxy) is 2. The minimum atomic E-state index is -0.813. The van der Waals surface area contributed by atoms with Crippen LogP contribution in [0.3, 0.4) is 0 Å². The van der Waals surface area contributed by atoms with Gasteiger partial charge in [-0.3, -0.25) is 9.59 Å². The molecular formula is C29H22ClN3O5. The molecule has 0 unspecified atom stereocenters. The Kier molecular flexibility index (Phi) is 4.91. The number of nitriles is 1. The van der Waals surface area contributed by atoms with Crippen LogP contribution in [0.2, 0.25) is 5.02 Å². The Balaban J connectivity index is 1.20. The van der Waals surface area contributed by atoms with Crippen LogP contribution in [0, 0.1) is 23.2 Å². The van der Waals surface area contributed by atoms with Crippen molar-refractivity contribution in [3.63, 3.8) is 0 Å². The fourth-order valence-electron chi connectivity index (χ4n) is 6.74. The number of hydrogen-bond acceptors (Lipinski definition) is 7. The van der Waals surface area contributed by atoms with Crippen molar-refractivity contribution in [3.8, 4) is 11.9 Å². The van der Waals surface area contributed by atoms with Crippen molar-refractivity contribution in [2.45, 2.75) is 37.4 Å². The molecule has 0 N–H and O–H groups in total. The first-order valence-corrected chi connectivity index (χ1v) is 12.9. The van der Waals surface area contributed by atoms with Crippen LogP contribution >= 0.6 is 11.6 Å². The van der Waals surface area contributed by atoms with Gasteiger partial charge in [-0.25, -0.2) is 4.90 Å². The van der Waals surface area contributed by atoms with Crippen molar-refractivity contribution in [1.82, 2.24) is 5.16 Å². The number of halogens is 1. The fourth-order valence-corrected chi connectivity index (χ4v) is 6.90. The SMILES string of the molecule is C[C@@]12CC[C@@](CCOc3noc4cc(Cl)ccc34)(O1)[C@H]1C(=O)N(c3ccc(C#N)c4ccccc34)C(=O)[C@H]12. The molecule has 0 aliphatic carbocycles. The zero-order valence-electron chi connectivity index (χ0n) is 20.4. The van der Waals surface area contributed by atoms with Gasteiger partial charge in [-0.15, -0.1) is 0 Å². The van der Waals surface area contributed by atoms with E-state index in [9.17, 15) is 14.9 Å². The van der Waals surface area contributed by atoms with Crippen LogP contribution < -0.4 is 9.64 Å². The third kappa shape index (κ3) is 3.09. The lowest BCUT2D eigenvalue weighted by Gasteiger charge is -2.31. The van der Waals surface area contributed by atoms with Crippen molar-refractivity contribution in [3.05, 3.63) is 65.2 Å². The van der Waals surface area contributed by atoms with E-state index in [4.69, 9.17) is 25.6 Å². The number of benzene rings is 3. The number of carbonyl (C=O) groups is 2. The van der Waals surface area contributed by atoms with E-state index in [2.05, 4.69) is 11.2 Å². The highest BCUT2D eigenvalue weighted by Crippen LogP contribution is 2.62. The average Bonchev–Trinajstić information content (AvgIpc) is 3.62. The Morgan fingerprint density at radius 1 is 1.08 bits per heavy atom. The minimum Gasteiger partial charge on any atom is -0.475 e. The zero-order valence-corrected chi connectivity index (χ0v) is 21.2. The number of rotatable bonds is 5.